The average molecular weight is 367 g/mol. The van der Waals surface area contributed by atoms with Gasteiger partial charge in [0, 0.05) is 33.7 Å². The Balaban J connectivity index is 1.83. The molecule has 0 aliphatic heterocycles. The van der Waals surface area contributed by atoms with Crippen LogP contribution >= 0.6 is 11.6 Å². The molecule has 0 amide bonds. The number of nitrogens with one attached hydrogen (secondary N) is 2. The van der Waals surface area contributed by atoms with E-state index in [2.05, 4.69) is 20.6 Å². The fourth-order valence-electron chi connectivity index (χ4n) is 2.49. The smallest absolute Gasteiger partial charge is 0.229 e. The van der Waals surface area contributed by atoms with Gasteiger partial charge in [0.05, 0.1) is 0 Å². The van der Waals surface area contributed by atoms with Crippen molar-refractivity contribution in [3.63, 3.8) is 0 Å². The number of carbonyl (C=O) groups is 1. The zero-order valence-corrected chi connectivity index (χ0v) is 15.6. The van der Waals surface area contributed by atoms with E-state index in [0.717, 1.165) is 22.6 Å². The summed E-state index contributed by atoms with van der Waals surface area (Å²) in [7, 11) is 0. The van der Waals surface area contributed by atoms with Crippen LogP contribution in [-0.4, -0.2) is 15.8 Å². The zero-order chi connectivity index (χ0) is 18.7. The molecule has 0 aliphatic carbocycles. The van der Waals surface area contributed by atoms with Gasteiger partial charge in [-0.1, -0.05) is 17.7 Å². The van der Waals surface area contributed by atoms with Crippen LogP contribution in [0.4, 0.5) is 23.1 Å². The Kier molecular flexibility index (Phi) is 5.19. The Bertz CT molecular complexity index is 955. The maximum Gasteiger partial charge on any atom is 0.229 e. The van der Waals surface area contributed by atoms with Crippen molar-refractivity contribution in [3.8, 4) is 0 Å². The largest absolute Gasteiger partial charge is 0.340 e. The van der Waals surface area contributed by atoms with Crippen LogP contribution in [0.1, 0.15) is 28.5 Å². The van der Waals surface area contributed by atoms with Crippen molar-refractivity contribution in [2.75, 3.05) is 10.6 Å². The molecule has 5 nitrogen and oxygen atoms in total. The Hall–Kier alpha value is -2.92. The first-order valence-electron chi connectivity index (χ1n) is 8.18. The minimum Gasteiger partial charge on any atom is -0.340 e. The van der Waals surface area contributed by atoms with Gasteiger partial charge in [0.1, 0.15) is 5.82 Å². The summed E-state index contributed by atoms with van der Waals surface area (Å²) in [6, 6.07) is 14.8. The predicted octanol–water partition coefficient (Wildman–Crippen LogP) is 5.44. The lowest BCUT2D eigenvalue weighted by atomic mass is 10.1. The average Bonchev–Trinajstić information content (AvgIpc) is 2.59. The van der Waals surface area contributed by atoms with E-state index in [4.69, 9.17) is 11.6 Å². The number of hydrogen-bond acceptors (Lipinski definition) is 5. The second kappa shape index (κ2) is 7.54. The molecule has 3 aromatic rings. The molecular formula is C20H19ClN4O. The van der Waals surface area contributed by atoms with Crippen LogP contribution in [0.25, 0.3) is 0 Å². The quantitative estimate of drug-likeness (QED) is 0.589. The molecule has 0 spiro atoms. The van der Waals surface area contributed by atoms with Crippen LogP contribution in [0.3, 0.4) is 0 Å². The van der Waals surface area contributed by atoms with Gasteiger partial charge in [-0.05, 0) is 62.7 Å². The van der Waals surface area contributed by atoms with Gasteiger partial charge in [-0.3, -0.25) is 4.79 Å². The maximum atomic E-state index is 11.4. The number of ketones is 1. The molecule has 0 atom stereocenters. The highest BCUT2D eigenvalue weighted by molar-refractivity contribution is 6.31. The molecule has 0 radical (unpaired) electrons. The number of benzene rings is 2. The third kappa shape index (κ3) is 4.18. The summed E-state index contributed by atoms with van der Waals surface area (Å²) >= 11 is 6.17. The first-order chi connectivity index (χ1) is 12.4. The van der Waals surface area contributed by atoms with Crippen molar-refractivity contribution >= 4 is 40.5 Å². The third-order valence-electron chi connectivity index (χ3n) is 3.93. The Morgan fingerprint density at radius 2 is 1.73 bits per heavy atom. The van der Waals surface area contributed by atoms with Gasteiger partial charge >= 0.3 is 0 Å². The number of Topliss-reactive ketones (excluding diaryl/α,β-unsaturated/α-hetero) is 1. The van der Waals surface area contributed by atoms with Gasteiger partial charge in [-0.15, -0.1) is 0 Å². The van der Waals surface area contributed by atoms with Crippen LogP contribution in [0.2, 0.25) is 5.02 Å². The van der Waals surface area contributed by atoms with Crippen molar-refractivity contribution in [3.05, 3.63) is 70.4 Å². The first-order valence-corrected chi connectivity index (χ1v) is 8.56. The molecule has 3 rings (SSSR count). The molecule has 6 heteroatoms. The number of carbonyl (C=O) groups excluding carboxylic acids is 1. The molecule has 1 heterocycles. The molecule has 132 valence electrons. The predicted molar refractivity (Wildman–Crippen MR) is 106 cm³/mol. The van der Waals surface area contributed by atoms with Crippen molar-refractivity contribution < 1.29 is 4.79 Å². The van der Waals surface area contributed by atoms with Gasteiger partial charge in [0.25, 0.3) is 0 Å². The van der Waals surface area contributed by atoms with Crippen LogP contribution in [0.15, 0.2) is 48.5 Å². The van der Waals surface area contributed by atoms with Crippen molar-refractivity contribution in [2.45, 2.75) is 20.8 Å². The van der Waals surface area contributed by atoms with Gasteiger partial charge in [-0.25, -0.2) is 4.98 Å². The van der Waals surface area contributed by atoms with Crippen molar-refractivity contribution in [1.29, 1.82) is 0 Å². The molecule has 1 aromatic heterocycles. The standard InChI is InChI=1S/C20H19ClN4O/c1-12-11-19(23-16-9-7-15(8-10-16)14(3)26)25-20(22-12)24-18-6-4-5-17(21)13(18)2/h4-11H,1-3H3,(H2,22,23,24,25). The summed E-state index contributed by atoms with van der Waals surface area (Å²) in [6.07, 6.45) is 0. The highest BCUT2D eigenvalue weighted by Gasteiger charge is 2.07. The van der Waals surface area contributed by atoms with E-state index in [1.165, 1.54) is 0 Å². The number of hydrogen-bond donors (Lipinski definition) is 2. The lowest BCUT2D eigenvalue weighted by molar-refractivity contribution is 0.101. The normalized spacial score (nSPS) is 10.5. The van der Waals surface area contributed by atoms with Crippen LogP contribution in [0, 0.1) is 13.8 Å². The first kappa shape index (κ1) is 17.9. The highest BCUT2D eigenvalue weighted by Crippen LogP contribution is 2.26. The van der Waals surface area contributed by atoms with E-state index in [9.17, 15) is 4.79 Å². The summed E-state index contributed by atoms with van der Waals surface area (Å²) in [5.74, 6) is 1.19. The number of aryl methyl sites for hydroxylation is 1. The van der Waals surface area contributed by atoms with E-state index in [0.29, 0.717) is 22.4 Å². The van der Waals surface area contributed by atoms with Gasteiger partial charge in [0.2, 0.25) is 5.95 Å². The van der Waals surface area contributed by atoms with Crippen LogP contribution in [-0.2, 0) is 0 Å². The van der Waals surface area contributed by atoms with Gasteiger partial charge in [0.15, 0.2) is 5.78 Å². The molecule has 2 aromatic carbocycles. The van der Waals surface area contributed by atoms with E-state index in [1.54, 1.807) is 19.1 Å². The lowest BCUT2D eigenvalue weighted by Gasteiger charge is -2.12. The summed E-state index contributed by atoms with van der Waals surface area (Å²) in [5.41, 5.74) is 4.14. The molecule has 26 heavy (non-hydrogen) atoms. The second-order valence-electron chi connectivity index (χ2n) is 6.01. The maximum absolute atomic E-state index is 11.4. The molecule has 2 N–H and O–H groups in total. The number of anilines is 4. The van der Waals surface area contributed by atoms with Crippen molar-refractivity contribution in [1.82, 2.24) is 9.97 Å². The fraction of sp³-hybridized carbons (Fsp3) is 0.150. The molecule has 0 aliphatic rings. The molecule has 0 unspecified atom stereocenters. The molecule has 0 saturated heterocycles. The third-order valence-corrected chi connectivity index (χ3v) is 4.34. The van der Waals surface area contributed by atoms with Gasteiger partial charge < -0.3 is 10.6 Å². The van der Waals surface area contributed by atoms with Crippen LogP contribution in [0.5, 0.6) is 0 Å². The van der Waals surface area contributed by atoms with E-state index >= 15 is 0 Å². The molecule has 0 bridgehead atoms. The number of aromatic nitrogens is 2. The molecule has 0 saturated carbocycles. The number of nitrogens with zero attached hydrogens (tertiary/aromatic N) is 2. The minimum atomic E-state index is 0.0396. The van der Waals surface area contributed by atoms with Crippen molar-refractivity contribution in [2.24, 2.45) is 0 Å². The summed E-state index contributed by atoms with van der Waals surface area (Å²) < 4.78 is 0. The van der Waals surface area contributed by atoms with E-state index in [1.807, 2.05) is 50.2 Å². The number of rotatable bonds is 5. The summed E-state index contributed by atoms with van der Waals surface area (Å²) in [6.45, 7) is 5.39. The monoisotopic (exact) mass is 366 g/mol. The lowest BCUT2D eigenvalue weighted by Crippen LogP contribution is -2.03. The number of halogens is 1. The SMILES string of the molecule is CC(=O)c1ccc(Nc2cc(C)nc(Nc3cccc(Cl)c3C)n2)cc1. The van der Waals surface area contributed by atoms with Crippen LogP contribution < -0.4 is 10.6 Å². The van der Waals surface area contributed by atoms with E-state index < -0.39 is 0 Å². The summed E-state index contributed by atoms with van der Waals surface area (Å²) in [5, 5.41) is 7.13. The fourth-order valence-corrected chi connectivity index (χ4v) is 2.66. The minimum absolute atomic E-state index is 0.0396. The highest BCUT2D eigenvalue weighted by atomic mass is 35.5. The Morgan fingerprint density at radius 1 is 1.00 bits per heavy atom. The van der Waals surface area contributed by atoms with E-state index in [-0.39, 0.29) is 5.78 Å². The second-order valence-corrected chi connectivity index (χ2v) is 6.42. The molecular weight excluding hydrogens is 348 g/mol. The topological polar surface area (TPSA) is 66.9 Å². The van der Waals surface area contributed by atoms with Gasteiger partial charge in [-0.2, -0.15) is 4.98 Å². The Labute approximate surface area is 157 Å². The zero-order valence-electron chi connectivity index (χ0n) is 14.8. The summed E-state index contributed by atoms with van der Waals surface area (Å²) in [4.78, 5) is 20.3. The molecule has 0 fully saturated rings. The Morgan fingerprint density at radius 3 is 2.42 bits per heavy atom.